The highest BCUT2D eigenvalue weighted by atomic mass is 19.1. The minimum absolute atomic E-state index is 0.0202. The number of nitrogens with one attached hydrogen (secondary N) is 1. The number of nitrogens with zero attached hydrogens (tertiary/aromatic N) is 3. The maximum atomic E-state index is 13.8. The van der Waals surface area contributed by atoms with Crippen LogP contribution in [0, 0.1) is 31.0 Å². The number of halogens is 1. The zero-order chi connectivity index (χ0) is 14.7. The molecule has 0 aliphatic carbocycles. The van der Waals surface area contributed by atoms with Gasteiger partial charge in [-0.25, -0.2) is 15.2 Å². The third-order valence-electron chi connectivity index (χ3n) is 2.62. The Balaban J connectivity index is 2.40. The van der Waals surface area contributed by atoms with Crippen molar-refractivity contribution in [1.82, 2.24) is 9.97 Å². The molecule has 0 spiro atoms. The van der Waals surface area contributed by atoms with Crippen molar-refractivity contribution in [2.75, 3.05) is 5.43 Å². The number of nitrogen functional groups attached to an aromatic ring is 1. The molecule has 102 valence electrons. The van der Waals surface area contributed by atoms with Crippen LogP contribution in [0.1, 0.15) is 17.0 Å². The van der Waals surface area contributed by atoms with Crippen LogP contribution in [0.25, 0.3) is 0 Å². The largest absolute Gasteiger partial charge is 0.435 e. The van der Waals surface area contributed by atoms with Crippen molar-refractivity contribution in [1.29, 1.82) is 5.26 Å². The lowest BCUT2D eigenvalue weighted by Crippen LogP contribution is -2.12. The van der Waals surface area contributed by atoms with Gasteiger partial charge in [-0.3, -0.25) is 0 Å². The van der Waals surface area contributed by atoms with Crippen molar-refractivity contribution in [3.8, 4) is 17.7 Å². The molecule has 0 saturated heterocycles. The monoisotopic (exact) mass is 273 g/mol. The van der Waals surface area contributed by atoms with Crippen LogP contribution >= 0.6 is 0 Å². The number of rotatable bonds is 3. The predicted molar refractivity (Wildman–Crippen MR) is 70.5 cm³/mol. The average molecular weight is 273 g/mol. The fourth-order valence-electron chi connectivity index (χ4n) is 1.60. The Hall–Kier alpha value is -2.72. The number of nitriles is 1. The Labute approximate surface area is 115 Å². The molecule has 0 atom stereocenters. The van der Waals surface area contributed by atoms with E-state index in [9.17, 15) is 4.39 Å². The van der Waals surface area contributed by atoms with Gasteiger partial charge in [0.15, 0.2) is 11.6 Å². The molecule has 2 rings (SSSR count). The molecule has 0 aliphatic rings. The molecule has 7 heteroatoms. The van der Waals surface area contributed by atoms with Crippen LogP contribution in [0.5, 0.6) is 11.6 Å². The van der Waals surface area contributed by atoms with Crippen LogP contribution in [0.3, 0.4) is 0 Å². The minimum Gasteiger partial charge on any atom is -0.435 e. The Morgan fingerprint density at radius 3 is 2.70 bits per heavy atom. The Kier molecular flexibility index (Phi) is 3.77. The first-order valence-corrected chi connectivity index (χ1v) is 5.74. The average Bonchev–Trinajstić information content (AvgIpc) is 2.44. The molecule has 6 nitrogen and oxygen atoms in total. The van der Waals surface area contributed by atoms with Crippen molar-refractivity contribution in [3.63, 3.8) is 0 Å². The molecule has 1 aromatic carbocycles. The Morgan fingerprint density at radius 2 is 2.10 bits per heavy atom. The molecule has 0 bridgehead atoms. The van der Waals surface area contributed by atoms with E-state index in [1.807, 2.05) is 6.07 Å². The van der Waals surface area contributed by atoms with E-state index in [1.165, 1.54) is 12.1 Å². The third-order valence-corrected chi connectivity index (χ3v) is 2.62. The predicted octanol–water partition coefficient (Wildman–Crippen LogP) is 2.18. The summed E-state index contributed by atoms with van der Waals surface area (Å²) in [6.45, 7) is 3.37. The highest BCUT2D eigenvalue weighted by Gasteiger charge is 2.13. The first kappa shape index (κ1) is 13.7. The van der Waals surface area contributed by atoms with Crippen molar-refractivity contribution < 1.29 is 9.13 Å². The van der Waals surface area contributed by atoms with Gasteiger partial charge in [0.2, 0.25) is 5.88 Å². The third kappa shape index (κ3) is 2.65. The summed E-state index contributed by atoms with van der Waals surface area (Å²) in [6, 6.07) is 5.79. The standard InChI is InChI=1S/C13H12FN5O/c1-7-12(19-16)17-8(2)18-13(7)20-11-4-3-9(6-15)5-10(11)14/h3-5H,16H2,1-2H3,(H,17,18,19). The lowest BCUT2D eigenvalue weighted by molar-refractivity contribution is 0.422. The number of hydrogen-bond acceptors (Lipinski definition) is 6. The molecular formula is C13H12FN5O. The molecule has 0 amide bonds. The second-order valence-electron chi connectivity index (χ2n) is 4.05. The summed E-state index contributed by atoms with van der Waals surface area (Å²) >= 11 is 0. The zero-order valence-corrected chi connectivity index (χ0v) is 10.9. The van der Waals surface area contributed by atoms with Gasteiger partial charge in [-0.1, -0.05) is 0 Å². The molecule has 2 aromatic rings. The molecule has 1 aromatic heterocycles. The first-order chi connectivity index (χ1) is 9.55. The molecule has 0 radical (unpaired) electrons. The second kappa shape index (κ2) is 5.50. The van der Waals surface area contributed by atoms with Crippen LogP contribution < -0.4 is 16.0 Å². The molecule has 0 aliphatic heterocycles. The van der Waals surface area contributed by atoms with Crippen LogP contribution in [-0.4, -0.2) is 9.97 Å². The zero-order valence-electron chi connectivity index (χ0n) is 10.9. The fraction of sp³-hybridized carbons (Fsp3) is 0.154. The lowest BCUT2D eigenvalue weighted by Gasteiger charge is -2.12. The summed E-state index contributed by atoms with van der Waals surface area (Å²) < 4.78 is 19.2. The van der Waals surface area contributed by atoms with Gasteiger partial charge < -0.3 is 10.2 Å². The van der Waals surface area contributed by atoms with Gasteiger partial charge in [-0.2, -0.15) is 10.2 Å². The SMILES string of the molecule is Cc1nc(NN)c(C)c(Oc2ccc(C#N)cc2F)n1. The Bertz CT molecular complexity index is 696. The van der Waals surface area contributed by atoms with E-state index in [0.717, 1.165) is 6.07 Å². The van der Waals surface area contributed by atoms with E-state index in [-0.39, 0.29) is 17.2 Å². The minimum atomic E-state index is -0.637. The normalized spacial score (nSPS) is 9.95. The number of hydrogen-bond donors (Lipinski definition) is 2. The summed E-state index contributed by atoms with van der Waals surface area (Å²) in [7, 11) is 0. The number of benzene rings is 1. The van der Waals surface area contributed by atoms with E-state index in [4.69, 9.17) is 15.8 Å². The number of aromatic nitrogens is 2. The van der Waals surface area contributed by atoms with E-state index in [1.54, 1.807) is 13.8 Å². The fourth-order valence-corrected chi connectivity index (χ4v) is 1.60. The maximum absolute atomic E-state index is 13.8. The van der Waals surface area contributed by atoms with Gasteiger partial charge in [0.05, 0.1) is 17.2 Å². The van der Waals surface area contributed by atoms with Crippen LogP contribution in [-0.2, 0) is 0 Å². The summed E-state index contributed by atoms with van der Waals surface area (Å²) in [6.07, 6.45) is 0. The van der Waals surface area contributed by atoms with Crippen molar-refractivity contribution >= 4 is 5.82 Å². The highest BCUT2D eigenvalue weighted by Crippen LogP contribution is 2.28. The molecule has 0 fully saturated rings. The van der Waals surface area contributed by atoms with Gasteiger partial charge >= 0.3 is 0 Å². The summed E-state index contributed by atoms with van der Waals surface area (Å²) in [5.41, 5.74) is 3.20. The van der Waals surface area contributed by atoms with E-state index in [0.29, 0.717) is 17.2 Å². The molecule has 3 N–H and O–H groups in total. The second-order valence-corrected chi connectivity index (χ2v) is 4.05. The molecule has 20 heavy (non-hydrogen) atoms. The Morgan fingerprint density at radius 1 is 1.35 bits per heavy atom. The van der Waals surface area contributed by atoms with E-state index < -0.39 is 5.82 Å². The van der Waals surface area contributed by atoms with Gasteiger partial charge in [-0.05, 0) is 32.0 Å². The quantitative estimate of drug-likeness (QED) is 0.657. The van der Waals surface area contributed by atoms with Crippen LogP contribution in [0.2, 0.25) is 0 Å². The molecule has 0 unspecified atom stereocenters. The van der Waals surface area contributed by atoms with Gasteiger partial charge in [0, 0.05) is 0 Å². The molecule has 1 heterocycles. The molecule has 0 saturated carbocycles. The topological polar surface area (TPSA) is 96.9 Å². The molecular weight excluding hydrogens is 261 g/mol. The number of aryl methyl sites for hydroxylation is 1. The number of nitrogens with two attached hydrogens (primary N) is 1. The summed E-state index contributed by atoms with van der Waals surface area (Å²) in [5, 5.41) is 8.69. The van der Waals surface area contributed by atoms with Gasteiger partial charge in [-0.15, -0.1) is 0 Å². The summed E-state index contributed by atoms with van der Waals surface area (Å²) in [5.74, 6) is 5.73. The number of anilines is 1. The van der Waals surface area contributed by atoms with Crippen molar-refractivity contribution in [2.24, 2.45) is 5.84 Å². The van der Waals surface area contributed by atoms with Crippen LogP contribution in [0.15, 0.2) is 18.2 Å². The van der Waals surface area contributed by atoms with Gasteiger partial charge in [0.25, 0.3) is 0 Å². The number of ether oxygens (including phenoxy) is 1. The smallest absolute Gasteiger partial charge is 0.227 e. The lowest BCUT2D eigenvalue weighted by atomic mass is 10.2. The van der Waals surface area contributed by atoms with Crippen molar-refractivity contribution in [3.05, 3.63) is 41.0 Å². The van der Waals surface area contributed by atoms with Gasteiger partial charge in [0.1, 0.15) is 11.6 Å². The number of hydrazine groups is 1. The maximum Gasteiger partial charge on any atom is 0.227 e. The van der Waals surface area contributed by atoms with E-state index >= 15 is 0 Å². The van der Waals surface area contributed by atoms with Crippen LogP contribution in [0.4, 0.5) is 10.2 Å². The van der Waals surface area contributed by atoms with E-state index in [2.05, 4.69) is 15.4 Å². The summed E-state index contributed by atoms with van der Waals surface area (Å²) in [4.78, 5) is 8.18. The highest BCUT2D eigenvalue weighted by molar-refractivity contribution is 5.49. The first-order valence-electron chi connectivity index (χ1n) is 5.74. The van der Waals surface area contributed by atoms with Crippen molar-refractivity contribution in [2.45, 2.75) is 13.8 Å².